The van der Waals surface area contributed by atoms with Gasteiger partial charge >= 0.3 is 0 Å². The normalized spacial score (nSPS) is 17.8. The van der Waals surface area contributed by atoms with Crippen LogP contribution in [0.5, 0.6) is 0 Å². The highest BCUT2D eigenvalue weighted by Gasteiger charge is 2.33. The van der Waals surface area contributed by atoms with Crippen LogP contribution in [0.2, 0.25) is 0 Å². The van der Waals surface area contributed by atoms with Crippen LogP contribution in [-0.4, -0.2) is 31.7 Å². The summed E-state index contributed by atoms with van der Waals surface area (Å²) in [5, 5.41) is 13.1. The van der Waals surface area contributed by atoms with Crippen LogP contribution in [0.4, 0.5) is 5.69 Å². The van der Waals surface area contributed by atoms with Crippen molar-refractivity contribution in [3.05, 3.63) is 24.3 Å². The largest absolute Gasteiger partial charge is 0.388 e. The van der Waals surface area contributed by atoms with Gasteiger partial charge in [0.15, 0.2) is 0 Å². The molecular weight excluding hydrogens is 276 g/mol. The lowest BCUT2D eigenvalue weighted by Crippen LogP contribution is -2.43. The van der Waals surface area contributed by atoms with Crippen LogP contribution in [0.15, 0.2) is 29.2 Å². The third-order valence-corrected chi connectivity index (χ3v) is 5.14. The van der Waals surface area contributed by atoms with Gasteiger partial charge in [0.25, 0.3) is 0 Å². The molecule has 1 aromatic carbocycles. The molecule has 0 bridgehead atoms. The van der Waals surface area contributed by atoms with E-state index >= 15 is 0 Å². The summed E-state index contributed by atoms with van der Waals surface area (Å²) in [7, 11) is -3.44. The maximum atomic E-state index is 12.0. The monoisotopic (exact) mass is 298 g/mol. The van der Waals surface area contributed by atoms with E-state index < -0.39 is 15.6 Å². The molecule has 6 heteroatoms. The van der Waals surface area contributed by atoms with Gasteiger partial charge in [-0.15, -0.1) is 0 Å². The van der Waals surface area contributed by atoms with Gasteiger partial charge in [0, 0.05) is 18.3 Å². The Labute approximate surface area is 120 Å². The molecule has 0 aliphatic heterocycles. The number of hydrogen-bond donors (Lipinski definition) is 3. The topological polar surface area (TPSA) is 78.4 Å². The second-order valence-electron chi connectivity index (χ2n) is 5.73. The molecule has 20 heavy (non-hydrogen) atoms. The molecule has 1 aliphatic rings. The maximum Gasteiger partial charge on any atom is 0.240 e. The third-order valence-electron chi connectivity index (χ3n) is 3.46. The third kappa shape index (κ3) is 3.71. The van der Waals surface area contributed by atoms with Gasteiger partial charge < -0.3 is 10.4 Å². The van der Waals surface area contributed by atoms with Crippen molar-refractivity contribution in [1.29, 1.82) is 0 Å². The molecule has 3 N–H and O–H groups in total. The highest BCUT2D eigenvalue weighted by atomic mass is 32.2. The van der Waals surface area contributed by atoms with Crippen molar-refractivity contribution in [3.63, 3.8) is 0 Å². The quantitative estimate of drug-likeness (QED) is 0.747. The molecule has 0 amide bonds. The number of hydrogen-bond acceptors (Lipinski definition) is 4. The van der Waals surface area contributed by atoms with E-state index in [2.05, 4.69) is 10.0 Å². The number of benzene rings is 1. The lowest BCUT2D eigenvalue weighted by atomic mass is 9.80. The zero-order chi connectivity index (χ0) is 14.8. The minimum Gasteiger partial charge on any atom is -0.388 e. The fourth-order valence-electron chi connectivity index (χ4n) is 2.16. The van der Waals surface area contributed by atoms with Gasteiger partial charge in [0.1, 0.15) is 0 Å². The van der Waals surface area contributed by atoms with Crippen molar-refractivity contribution >= 4 is 15.7 Å². The molecule has 0 heterocycles. The molecule has 0 radical (unpaired) electrons. The van der Waals surface area contributed by atoms with Gasteiger partial charge in [0.2, 0.25) is 10.0 Å². The van der Waals surface area contributed by atoms with Crippen molar-refractivity contribution in [1.82, 2.24) is 4.72 Å². The highest BCUT2D eigenvalue weighted by molar-refractivity contribution is 7.89. The second kappa shape index (κ2) is 5.71. The number of nitrogens with one attached hydrogen (secondary N) is 2. The molecular formula is C14H22N2O3S. The van der Waals surface area contributed by atoms with Gasteiger partial charge in [0.05, 0.1) is 10.5 Å². The maximum absolute atomic E-state index is 12.0. The smallest absolute Gasteiger partial charge is 0.240 e. The Kier molecular flexibility index (Phi) is 4.36. The summed E-state index contributed by atoms with van der Waals surface area (Å²) in [6.45, 7) is 4.07. The van der Waals surface area contributed by atoms with E-state index in [-0.39, 0.29) is 10.9 Å². The van der Waals surface area contributed by atoms with Gasteiger partial charge in [-0.25, -0.2) is 13.1 Å². The van der Waals surface area contributed by atoms with E-state index in [4.69, 9.17) is 0 Å². The Bertz CT molecular complexity index is 548. The lowest BCUT2D eigenvalue weighted by molar-refractivity contribution is -0.0201. The Morgan fingerprint density at radius 3 is 2.30 bits per heavy atom. The molecule has 2 rings (SSSR count). The lowest BCUT2D eigenvalue weighted by Gasteiger charge is -2.36. The number of anilines is 1. The van der Waals surface area contributed by atoms with Gasteiger partial charge in [-0.05, 0) is 57.4 Å². The SMILES string of the molecule is CC(C)NS(=O)(=O)c1ccc(NCC2(O)CCC2)cc1. The Morgan fingerprint density at radius 2 is 1.85 bits per heavy atom. The number of aliphatic hydroxyl groups is 1. The molecule has 1 aromatic rings. The molecule has 0 aromatic heterocycles. The molecule has 0 saturated heterocycles. The van der Waals surface area contributed by atoms with Crippen molar-refractivity contribution in [3.8, 4) is 0 Å². The fraction of sp³-hybridized carbons (Fsp3) is 0.571. The van der Waals surface area contributed by atoms with E-state index in [1.807, 2.05) is 0 Å². The van der Waals surface area contributed by atoms with E-state index in [9.17, 15) is 13.5 Å². The predicted molar refractivity (Wildman–Crippen MR) is 79.2 cm³/mol. The predicted octanol–water partition coefficient (Wildman–Crippen LogP) is 1.70. The van der Waals surface area contributed by atoms with Crippen molar-refractivity contribution in [2.75, 3.05) is 11.9 Å². The molecule has 0 unspecified atom stereocenters. The van der Waals surface area contributed by atoms with Crippen LogP contribution in [0.3, 0.4) is 0 Å². The van der Waals surface area contributed by atoms with E-state index in [1.54, 1.807) is 38.1 Å². The van der Waals surface area contributed by atoms with Crippen LogP contribution in [0, 0.1) is 0 Å². The molecule has 1 saturated carbocycles. The number of rotatable bonds is 6. The van der Waals surface area contributed by atoms with Gasteiger partial charge in [-0.3, -0.25) is 0 Å². The molecule has 1 fully saturated rings. The first-order valence-electron chi connectivity index (χ1n) is 6.89. The summed E-state index contributed by atoms with van der Waals surface area (Å²) >= 11 is 0. The van der Waals surface area contributed by atoms with Gasteiger partial charge in [-0.2, -0.15) is 0 Å². The summed E-state index contributed by atoms with van der Waals surface area (Å²) in [5.74, 6) is 0. The van der Waals surface area contributed by atoms with Crippen molar-refractivity contribution in [2.24, 2.45) is 0 Å². The summed E-state index contributed by atoms with van der Waals surface area (Å²) in [6.07, 6.45) is 2.71. The van der Waals surface area contributed by atoms with Crippen LogP contribution in [0.1, 0.15) is 33.1 Å². The highest BCUT2D eigenvalue weighted by Crippen LogP contribution is 2.31. The van der Waals surface area contributed by atoms with Crippen molar-refractivity contribution < 1.29 is 13.5 Å². The Morgan fingerprint density at radius 1 is 1.25 bits per heavy atom. The number of sulfonamides is 1. The second-order valence-corrected chi connectivity index (χ2v) is 7.45. The molecule has 0 spiro atoms. The Hall–Kier alpha value is -1.11. The average Bonchev–Trinajstić information content (AvgIpc) is 2.33. The van der Waals surface area contributed by atoms with Gasteiger partial charge in [-0.1, -0.05) is 0 Å². The van der Waals surface area contributed by atoms with E-state index in [1.165, 1.54) is 0 Å². The molecule has 112 valence electrons. The van der Waals surface area contributed by atoms with Crippen LogP contribution < -0.4 is 10.0 Å². The molecule has 5 nitrogen and oxygen atoms in total. The summed E-state index contributed by atoms with van der Waals surface area (Å²) < 4.78 is 26.5. The van der Waals surface area contributed by atoms with E-state index in [0.29, 0.717) is 6.54 Å². The first-order chi connectivity index (χ1) is 9.31. The summed E-state index contributed by atoms with van der Waals surface area (Å²) in [6, 6.07) is 6.44. The standard InChI is InChI=1S/C14H22N2O3S/c1-11(2)16-20(18,19)13-6-4-12(5-7-13)15-10-14(17)8-3-9-14/h4-7,11,15-17H,3,8-10H2,1-2H3. The fourth-order valence-corrected chi connectivity index (χ4v) is 3.41. The van der Waals surface area contributed by atoms with E-state index in [0.717, 1.165) is 24.9 Å². The zero-order valence-corrected chi connectivity index (χ0v) is 12.7. The minimum absolute atomic E-state index is 0.134. The zero-order valence-electron chi connectivity index (χ0n) is 11.9. The van der Waals surface area contributed by atoms with Crippen molar-refractivity contribution in [2.45, 2.75) is 49.6 Å². The first kappa shape index (κ1) is 15.3. The minimum atomic E-state index is -3.44. The summed E-state index contributed by atoms with van der Waals surface area (Å²) in [5.41, 5.74) is 0.220. The first-order valence-corrected chi connectivity index (χ1v) is 8.38. The van der Waals surface area contributed by atoms with Crippen LogP contribution in [-0.2, 0) is 10.0 Å². The summed E-state index contributed by atoms with van der Waals surface area (Å²) in [4.78, 5) is 0.249. The van der Waals surface area contributed by atoms with Crippen LogP contribution in [0.25, 0.3) is 0 Å². The Balaban J connectivity index is 1.99. The molecule has 1 aliphatic carbocycles. The average molecular weight is 298 g/mol. The van der Waals surface area contributed by atoms with Crippen LogP contribution >= 0.6 is 0 Å². The molecule has 0 atom stereocenters.